The van der Waals surface area contributed by atoms with Crippen molar-refractivity contribution in [2.75, 3.05) is 5.32 Å². The molecule has 0 aliphatic rings. The molecule has 0 unspecified atom stereocenters. The monoisotopic (exact) mass is 356 g/mol. The Labute approximate surface area is 145 Å². The molecule has 0 amide bonds. The molecular weight excluding hydrogens is 345 g/mol. The Hall–Kier alpha value is -3.49. The van der Waals surface area contributed by atoms with Gasteiger partial charge in [0, 0.05) is 5.69 Å². The number of para-hydroxylation sites is 1. The number of halogens is 3. The molecule has 6 nitrogen and oxygen atoms in total. The summed E-state index contributed by atoms with van der Waals surface area (Å²) in [5.41, 5.74) is 0.725. The zero-order chi connectivity index (χ0) is 18.1. The van der Waals surface area contributed by atoms with Crippen molar-refractivity contribution in [2.24, 2.45) is 0 Å². The van der Waals surface area contributed by atoms with Gasteiger partial charge in [0.15, 0.2) is 11.5 Å². The van der Waals surface area contributed by atoms with Crippen molar-refractivity contribution >= 4 is 22.5 Å². The highest BCUT2D eigenvalue weighted by atomic mass is 19.4. The van der Waals surface area contributed by atoms with Crippen molar-refractivity contribution in [2.45, 2.75) is 6.18 Å². The van der Waals surface area contributed by atoms with Crippen LogP contribution >= 0.6 is 0 Å². The number of nitrogens with zero attached hydrogens (tertiary/aromatic N) is 5. The van der Waals surface area contributed by atoms with Crippen LogP contribution in [0.1, 0.15) is 5.56 Å². The summed E-state index contributed by atoms with van der Waals surface area (Å²) in [6.07, 6.45) is -2.88. The topological polar surface area (TPSA) is 68.5 Å². The molecule has 0 bridgehead atoms. The van der Waals surface area contributed by atoms with E-state index in [2.05, 4.69) is 25.8 Å². The molecule has 0 saturated carbocycles. The Morgan fingerprint density at radius 2 is 1.73 bits per heavy atom. The Balaban J connectivity index is 1.74. The first kappa shape index (κ1) is 16.0. The zero-order valence-corrected chi connectivity index (χ0v) is 13.1. The Morgan fingerprint density at radius 1 is 0.923 bits per heavy atom. The lowest BCUT2D eigenvalue weighted by Gasteiger charge is -2.10. The maximum Gasteiger partial charge on any atom is 0.416 e. The van der Waals surface area contributed by atoms with E-state index >= 15 is 0 Å². The number of hydrogen-bond donors (Lipinski definition) is 1. The SMILES string of the molecule is FC(F)(F)c1cccc(Nc2nnnc3c2cnn3-c2ccccc2)c1. The van der Waals surface area contributed by atoms with Gasteiger partial charge < -0.3 is 5.32 Å². The van der Waals surface area contributed by atoms with Crippen molar-refractivity contribution in [3.63, 3.8) is 0 Å². The minimum Gasteiger partial charge on any atom is -0.338 e. The minimum atomic E-state index is -4.42. The highest BCUT2D eigenvalue weighted by molar-refractivity contribution is 5.88. The highest BCUT2D eigenvalue weighted by Crippen LogP contribution is 2.32. The van der Waals surface area contributed by atoms with Crippen LogP contribution in [0.5, 0.6) is 0 Å². The van der Waals surface area contributed by atoms with Gasteiger partial charge in [-0.2, -0.15) is 18.3 Å². The van der Waals surface area contributed by atoms with Gasteiger partial charge in [-0.15, -0.1) is 10.2 Å². The summed E-state index contributed by atoms with van der Waals surface area (Å²) in [4.78, 5) is 0. The highest BCUT2D eigenvalue weighted by Gasteiger charge is 2.30. The quantitative estimate of drug-likeness (QED) is 0.601. The Bertz CT molecular complexity index is 1060. The summed E-state index contributed by atoms with van der Waals surface area (Å²) < 4.78 is 40.2. The number of aromatic nitrogens is 5. The molecule has 2 aromatic carbocycles. The van der Waals surface area contributed by atoms with E-state index in [1.54, 1.807) is 10.9 Å². The van der Waals surface area contributed by atoms with Crippen LogP contribution in [0.15, 0.2) is 60.8 Å². The fourth-order valence-corrected chi connectivity index (χ4v) is 2.53. The molecule has 4 rings (SSSR count). The number of nitrogens with one attached hydrogen (secondary N) is 1. The molecule has 1 N–H and O–H groups in total. The first-order chi connectivity index (χ1) is 12.5. The third kappa shape index (κ3) is 2.94. The molecule has 130 valence electrons. The van der Waals surface area contributed by atoms with Crippen molar-refractivity contribution in [3.05, 3.63) is 66.4 Å². The molecule has 26 heavy (non-hydrogen) atoms. The summed E-state index contributed by atoms with van der Waals surface area (Å²) >= 11 is 0. The summed E-state index contributed by atoms with van der Waals surface area (Å²) in [6.45, 7) is 0. The van der Waals surface area contributed by atoms with Gasteiger partial charge in [-0.25, -0.2) is 4.68 Å². The molecular formula is C17H11F3N6. The fourth-order valence-electron chi connectivity index (χ4n) is 2.53. The van der Waals surface area contributed by atoms with E-state index in [1.807, 2.05) is 30.3 Å². The standard InChI is InChI=1S/C17H11F3N6/c18-17(19,20)11-5-4-6-12(9-11)22-15-14-10-21-26(16(14)24-25-23-15)13-7-2-1-3-8-13/h1-10H,(H,22,23,24). The average Bonchev–Trinajstić information content (AvgIpc) is 3.07. The number of anilines is 2. The summed E-state index contributed by atoms with van der Waals surface area (Å²) in [6, 6.07) is 14.2. The smallest absolute Gasteiger partial charge is 0.338 e. The molecule has 0 aliphatic carbocycles. The third-order valence-electron chi connectivity index (χ3n) is 3.74. The predicted molar refractivity (Wildman–Crippen MR) is 89.2 cm³/mol. The van der Waals surface area contributed by atoms with Gasteiger partial charge in [0.25, 0.3) is 0 Å². The van der Waals surface area contributed by atoms with Crippen molar-refractivity contribution in [3.8, 4) is 5.69 Å². The maximum absolute atomic E-state index is 12.9. The average molecular weight is 356 g/mol. The van der Waals surface area contributed by atoms with Gasteiger partial charge in [-0.3, -0.25) is 0 Å². The molecule has 2 heterocycles. The lowest BCUT2D eigenvalue weighted by atomic mass is 10.2. The molecule has 9 heteroatoms. The van der Waals surface area contributed by atoms with Crippen LogP contribution in [0.3, 0.4) is 0 Å². The van der Waals surface area contributed by atoms with Crippen LogP contribution in [0.2, 0.25) is 0 Å². The Kier molecular flexibility index (Phi) is 3.76. The molecule has 0 aliphatic heterocycles. The number of benzene rings is 2. The normalized spacial score (nSPS) is 11.7. The first-order valence-electron chi connectivity index (χ1n) is 7.59. The van der Waals surface area contributed by atoms with Crippen LogP contribution < -0.4 is 5.32 Å². The number of alkyl halides is 3. The van der Waals surface area contributed by atoms with Crippen LogP contribution in [-0.4, -0.2) is 25.2 Å². The van der Waals surface area contributed by atoms with E-state index in [-0.39, 0.29) is 11.5 Å². The van der Waals surface area contributed by atoms with Gasteiger partial charge in [-0.1, -0.05) is 24.3 Å². The summed E-state index contributed by atoms with van der Waals surface area (Å²) in [7, 11) is 0. The maximum atomic E-state index is 12.9. The summed E-state index contributed by atoms with van der Waals surface area (Å²) in [5, 5.41) is 19.3. The van der Waals surface area contributed by atoms with E-state index in [0.717, 1.165) is 17.8 Å². The molecule has 2 aromatic heterocycles. The van der Waals surface area contributed by atoms with Gasteiger partial charge >= 0.3 is 6.18 Å². The Morgan fingerprint density at radius 3 is 2.50 bits per heavy atom. The van der Waals surface area contributed by atoms with Crippen LogP contribution in [0, 0.1) is 0 Å². The van der Waals surface area contributed by atoms with E-state index in [4.69, 9.17) is 0 Å². The van der Waals surface area contributed by atoms with E-state index in [1.165, 1.54) is 12.1 Å². The van der Waals surface area contributed by atoms with E-state index in [0.29, 0.717) is 11.0 Å². The molecule has 0 saturated heterocycles. The fraction of sp³-hybridized carbons (Fsp3) is 0.0588. The van der Waals surface area contributed by atoms with Crippen LogP contribution in [-0.2, 0) is 6.18 Å². The van der Waals surface area contributed by atoms with Gasteiger partial charge in [-0.05, 0) is 35.5 Å². The van der Waals surface area contributed by atoms with Crippen molar-refractivity contribution in [1.82, 2.24) is 25.2 Å². The predicted octanol–water partition coefficient (Wildman–Crippen LogP) is 3.97. The molecule has 4 aromatic rings. The van der Waals surface area contributed by atoms with Crippen molar-refractivity contribution in [1.29, 1.82) is 0 Å². The third-order valence-corrected chi connectivity index (χ3v) is 3.74. The van der Waals surface area contributed by atoms with Crippen molar-refractivity contribution < 1.29 is 13.2 Å². The zero-order valence-electron chi connectivity index (χ0n) is 13.1. The number of fused-ring (bicyclic) bond motifs is 1. The van der Waals surface area contributed by atoms with Crippen LogP contribution in [0.4, 0.5) is 24.7 Å². The number of hydrogen-bond acceptors (Lipinski definition) is 5. The first-order valence-corrected chi connectivity index (χ1v) is 7.59. The second kappa shape index (κ2) is 6.10. The largest absolute Gasteiger partial charge is 0.416 e. The molecule has 0 atom stereocenters. The number of rotatable bonds is 3. The lowest BCUT2D eigenvalue weighted by molar-refractivity contribution is -0.137. The van der Waals surface area contributed by atoms with E-state index in [9.17, 15) is 13.2 Å². The van der Waals surface area contributed by atoms with Gasteiger partial charge in [0.1, 0.15) is 0 Å². The van der Waals surface area contributed by atoms with Gasteiger partial charge in [0.05, 0.1) is 22.8 Å². The van der Waals surface area contributed by atoms with Crippen LogP contribution in [0.25, 0.3) is 16.7 Å². The lowest BCUT2D eigenvalue weighted by Crippen LogP contribution is -2.06. The molecule has 0 spiro atoms. The van der Waals surface area contributed by atoms with Gasteiger partial charge in [0.2, 0.25) is 0 Å². The molecule has 0 fully saturated rings. The summed E-state index contributed by atoms with van der Waals surface area (Å²) in [5.74, 6) is 0.275. The molecule has 0 radical (unpaired) electrons. The van der Waals surface area contributed by atoms with E-state index < -0.39 is 11.7 Å². The second-order valence-corrected chi connectivity index (χ2v) is 5.47. The second-order valence-electron chi connectivity index (χ2n) is 5.47. The minimum absolute atomic E-state index is 0.245.